The SMILES string of the molecule is CC(C)N1CCC(COc2cncnc2-c2cnn(-c3ccccc3F)c2)CC1. The quantitative estimate of drug-likeness (QED) is 0.632. The second-order valence-electron chi connectivity index (χ2n) is 7.74. The van der Waals surface area contributed by atoms with Crippen LogP contribution in [0.4, 0.5) is 4.39 Å². The van der Waals surface area contributed by atoms with Gasteiger partial charge in [0, 0.05) is 17.8 Å². The van der Waals surface area contributed by atoms with Crippen LogP contribution in [0.2, 0.25) is 0 Å². The van der Waals surface area contributed by atoms with E-state index in [1.54, 1.807) is 36.8 Å². The van der Waals surface area contributed by atoms with Gasteiger partial charge in [-0.3, -0.25) is 0 Å². The number of hydrogen-bond donors (Lipinski definition) is 0. The summed E-state index contributed by atoms with van der Waals surface area (Å²) in [7, 11) is 0. The fourth-order valence-electron chi connectivity index (χ4n) is 3.70. The molecule has 0 bridgehead atoms. The monoisotopic (exact) mass is 395 g/mol. The van der Waals surface area contributed by atoms with Crippen LogP contribution < -0.4 is 4.74 Å². The Morgan fingerprint density at radius 2 is 1.97 bits per heavy atom. The van der Waals surface area contributed by atoms with Gasteiger partial charge in [0.15, 0.2) is 5.75 Å². The normalized spacial score (nSPS) is 15.7. The van der Waals surface area contributed by atoms with Crippen molar-refractivity contribution in [3.8, 4) is 22.7 Å². The Kier molecular flexibility index (Phi) is 5.85. The molecule has 0 radical (unpaired) electrons. The minimum atomic E-state index is -0.325. The fraction of sp³-hybridized carbons (Fsp3) is 0.409. The highest BCUT2D eigenvalue weighted by molar-refractivity contribution is 5.64. The summed E-state index contributed by atoms with van der Waals surface area (Å²) in [5, 5.41) is 4.29. The van der Waals surface area contributed by atoms with Gasteiger partial charge in [-0.2, -0.15) is 5.10 Å². The van der Waals surface area contributed by atoms with Gasteiger partial charge in [0.1, 0.15) is 23.5 Å². The highest BCUT2D eigenvalue weighted by atomic mass is 19.1. The third-order valence-electron chi connectivity index (χ3n) is 5.49. The van der Waals surface area contributed by atoms with E-state index in [4.69, 9.17) is 4.74 Å². The molecule has 0 saturated carbocycles. The number of hydrogen-bond acceptors (Lipinski definition) is 5. The van der Waals surface area contributed by atoms with E-state index in [9.17, 15) is 4.39 Å². The van der Waals surface area contributed by atoms with Crippen LogP contribution in [-0.4, -0.2) is 50.4 Å². The van der Waals surface area contributed by atoms with Crippen molar-refractivity contribution in [2.75, 3.05) is 19.7 Å². The third kappa shape index (κ3) is 4.45. The van der Waals surface area contributed by atoms with Gasteiger partial charge < -0.3 is 9.64 Å². The molecule has 1 aliphatic heterocycles. The van der Waals surface area contributed by atoms with Crippen molar-refractivity contribution in [3.63, 3.8) is 0 Å². The molecule has 3 heterocycles. The highest BCUT2D eigenvalue weighted by Gasteiger charge is 2.22. The lowest BCUT2D eigenvalue weighted by Crippen LogP contribution is -2.39. The third-order valence-corrected chi connectivity index (χ3v) is 5.49. The van der Waals surface area contributed by atoms with Crippen LogP contribution >= 0.6 is 0 Å². The first-order chi connectivity index (χ1) is 14.1. The standard InChI is InChI=1S/C22H26FN5O/c1-16(2)27-9-7-17(8-10-27)14-29-21-12-24-15-25-22(21)18-11-26-28(13-18)20-6-4-3-5-19(20)23/h3-6,11-13,15-17H,7-10,14H2,1-2H3. The summed E-state index contributed by atoms with van der Waals surface area (Å²) in [6, 6.07) is 7.14. The first kappa shape index (κ1) is 19.5. The van der Waals surface area contributed by atoms with Crippen molar-refractivity contribution in [1.29, 1.82) is 0 Å². The topological polar surface area (TPSA) is 56.1 Å². The zero-order valence-corrected chi connectivity index (χ0v) is 16.8. The summed E-state index contributed by atoms with van der Waals surface area (Å²) in [4.78, 5) is 11.0. The molecular weight excluding hydrogens is 369 g/mol. The molecule has 6 nitrogen and oxygen atoms in total. The second-order valence-corrected chi connectivity index (χ2v) is 7.74. The molecule has 0 atom stereocenters. The van der Waals surface area contributed by atoms with Crippen LogP contribution in [0.1, 0.15) is 26.7 Å². The Labute approximate surface area is 170 Å². The Bertz CT molecular complexity index is 950. The Balaban J connectivity index is 1.46. The van der Waals surface area contributed by atoms with Crippen molar-refractivity contribution < 1.29 is 9.13 Å². The van der Waals surface area contributed by atoms with E-state index in [1.165, 1.54) is 17.1 Å². The van der Waals surface area contributed by atoms with Crippen molar-refractivity contribution in [2.24, 2.45) is 5.92 Å². The largest absolute Gasteiger partial charge is 0.489 e. The first-order valence-electron chi connectivity index (χ1n) is 10.1. The summed E-state index contributed by atoms with van der Waals surface area (Å²) >= 11 is 0. The molecule has 1 fully saturated rings. The van der Waals surface area contributed by atoms with Gasteiger partial charge in [-0.05, 0) is 57.8 Å². The Morgan fingerprint density at radius 1 is 1.17 bits per heavy atom. The van der Waals surface area contributed by atoms with E-state index in [2.05, 4.69) is 33.8 Å². The molecule has 7 heteroatoms. The van der Waals surface area contributed by atoms with Gasteiger partial charge in [-0.1, -0.05) is 12.1 Å². The van der Waals surface area contributed by atoms with Crippen molar-refractivity contribution in [1.82, 2.24) is 24.6 Å². The van der Waals surface area contributed by atoms with Gasteiger partial charge in [0.2, 0.25) is 0 Å². The van der Waals surface area contributed by atoms with E-state index in [0.717, 1.165) is 31.5 Å². The lowest BCUT2D eigenvalue weighted by atomic mass is 9.97. The Morgan fingerprint density at radius 3 is 2.72 bits per heavy atom. The molecule has 1 aliphatic rings. The number of para-hydroxylation sites is 1. The lowest BCUT2D eigenvalue weighted by Gasteiger charge is -2.34. The number of halogens is 1. The highest BCUT2D eigenvalue weighted by Crippen LogP contribution is 2.29. The minimum Gasteiger partial charge on any atom is -0.489 e. The van der Waals surface area contributed by atoms with Crippen LogP contribution in [0.15, 0.2) is 49.2 Å². The predicted octanol–water partition coefficient (Wildman–Crippen LogP) is 3.97. The Hall–Kier alpha value is -2.80. The molecule has 1 saturated heterocycles. The molecule has 0 aliphatic carbocycles. The zero-order chi connectivity index (χ0) is 20.2. The molecule has 0 amide bonds. The van der Waals surface area contributed by atoms with Crippen LogP contribution in [0, 0.1) is 11.7 Å². The maximum Gasteiger partial charge on any atom is 0.163 e. The molecule has 1 aromatic carbocycles. The van der Waals surface area contributed by atoms with Crippen molar-refractivity contribution in [3.05, 3.63) is 55.0 Å². The maximum absolute atomic E-state index is 14.1. The van der Waals surface area contributed by atoms with E-state index in [1.807, 2.05) is 0 Å². The molecule has 3 aromatic rings. The molecule has 0 N–H and O–H groups in total. The van der Waals surface area contributed by atoms with E-state index in [-0.39, 0.29) is 5.82 Å². The summed E-state index contributed by atoms with van der Waals surface area (Å²) in [5.41, 5.74) is 1.83. The van der Waals surface area contributed by atoms with E-state index < -0.39 is 0 Å². The molecule has 2 aromatic heterocycles. The van der Waals surface area contributed by atoms with Crippen LogP contribution in [0.5, 0.6) is 5.75 Å². The molecule has 0 spiro atoms. The molecule has 0 unspecified atom stereocenters. The number of ether oxygens (including phenoxy) is 1. The zero-order valence-electron chi connectivity index (χ0n) is 16.8. The molecular formula is C22H26FN5O. The summed E-state index contributed by atoms with van der Waals surface area (Å²) in [6.07, 6.45) is 8.87. The maximum atomic E-state index is 14.1. The van der Waals surface area contributed by atoms with Gasteiger partial charge >= 0.3 is 0 Å². The van der Waals surface area contributed by atoms with Crippen LogP contribution in [0.25, 0.3) is 16.9 Å². The summed E-state index contributed by atoms with van der Waals surface area (Å²) in [6.45, 7) is 7.35. The van der Waals surface area contributed by atoms with Crippen molar-refractivity contribution >= 4 is 0 Å². The number of piperidine rings is 1. The van der Waals surface area contributed by atoms with Gasteiger partial charge in [0.05, 0.1) is 19.0 Å². The van der Waals surface area contributed by atoms with Crippen LogP contribution in [-0.2, 0) is 0 Å². The smallest absolute Gasteiger partial charge is 0.163 e. The minimum absolute atomic E-state index is 0.325. The van der Waals surface area contributed by atoms with Gasteiger partial charge in [-0.15, -0.1) is 0 Å². The van der Waals surface area contributed by atoms with Gasteiger partial charge in [-0.25, -0.2) is 19.0 Å². The number of nitrogens with zero attached hydrogens (tertiary/aromatic N) is 5. The molecule has 152 valence electrons. The van der Waals surface area contributed by atoms with Gasteiger partial charge in [0.25, 0.3) is 0 Å². The lowest BCUT2D eigenvalue weighted by molar-refractivity contribution is 0.119. The average Bonchev–Trinajstić information content (AvgIpc) is 3.23. The van der Waals surface area contributed by atoms with E-state index >= 15 is 0 Å². The number of rotatable bonds is 6. The predicted molar refractivity (Wildman–Crippen MR) is 109 cm³/mol. The molecule has 4 rings (SSSR count). The summed E-state index contributed by atoms with van der Waals surface area (Å²) in [5.74, 6) is 0.833. The number of benzene rings is 1. The first-order valence-corrected chi connectivity index (χ1v) is 10.1. The summed E-state index contributed by atoms with van der Waals surface area (Å²) < 4.78 is 21.7. The van der Waals surface area contributed by atoms with Crippen LogP contribution in [0.3, 0.4) is 0 Å². The molecule has 29 heavy (non-hydrogen) atoms. The number of likely N-dealkylation sites (tertiary alicyclic amines) is 1. The average molecular weight is 395 g/mol. The van der Waals surface area contributed by atoms with Crippen molar-refractivity contribution in [2.45, 2.75) is 32.7 Å². The van der Waals surface area contributed by atoms with E-state index in [0.29, 0.717) is 35.7 Å². The fourth-order valence-corrected chi connectivity index (χ4v) is 3.70. The number of aromatic nitrogens is 4. The second kappa shape index (κ2) is 8.69.